The largest absolute Gasteiger partial charge is 0.492 e. The van der Waals surface area contributed by atoms with Crippen molar-refractivity contribution >= 4 is 28.5 Å². The van der Waals surface area contributed by atoms with E-state index >= 15 is 0 Å². The molecule has 33 heavy (non-hydrogen) atoms. The molecule has 5 nitrogen and oxygen atoms in total. The third kappa shape index (κ3) is 5.55. The molecule has 1 aromatic heterocycles. The molecule has 0 atom stereocenters. The average molecular weight is 462 g/mol. The van der Waals surface area contributed by atoms with Crippen molar-refractivity contribution < 1.29 is 9.53 Å². The molecule has 0 spiro atoms. The minimum absolute atomic E-state index is 0.0840. The molecule has 0 aliphatic carbocycles. The van der Waals surface area contributed by atoms with Crippen molar-refractivity contribution in [3.05, 3.63) is 94.3 Å². The number of aromatic nitrogens is 2. The van der Waals surface area contributed by atoms with E-state index in [0.29, 0.717) is 29.5 Å². The first kappa shape index (κ1) is 22.9. The van der Waals surface area contributed by atoms with Gasteiger partial charge in [0.2, 0.25) is 0 Å². The molecule has 0 bridgehead atoms. The summed E-state index contributed by atoms with van der Waals surface area (Å²) in [6, 6.07) is 21.4. The van der Waals surface area contributed by atoms with Crippen LogP contribution < -0.4 is 10.1 Å². The molecule has 0 fully saturated rings. The summed E-state index contributed by atoms with van der Waals surface area (Å²) in [5.74, 6) is 1.47. The minimum Gasteiger partial charge on any atom is -0.492 e. The zero-order valence-corrected chi connectivity index (χ0v) is 19.7. The number of ether oxygens (including phenoxy) is 1. The number of nitrogens with zero attached hydrogens (tertiary/aromatic N) is 2. The highest BCUT2D eigenvalue weighted by molar-refractivity contribution is 6.32. The maximum absolute atomic E-state index is 12.8. The SMILES string of the molecule is Cc1ccc(C(=O)NCc2nc3ccccc3n2CCCCOc2ccccc2Cl)c(C)c1. The molecule has 0 saturated heterocycles. The van der Waals surface area contributed by atoms with Gasteiger partial charge in [0.15, 0.2) is 0 Å². The summed E-state index contributed by atoms with van der Waals surface area (Å²) in [7, 11) is 0. The number of unbranched alkanes of at least 4 members (excludes halogenated alkanes) is 1. The third-order valence-corrected chi connectivity index (χ3v) is 5.95. The fourth-order valence-corrected chi connectivity index (χ4v) is 4.14. The van der Waals surface area contributed by atoms with E-state index in [1.54, 1.807) is 0 Å². The Morgan fingerprint density at radius 3 is 2.64 bits per heavy atom. The first-order chi connectivity index (χ1) is 16.0. The molecule has 0 aliphatic heterocycles. The zero-order chi connectivity index (χ0) is 23.2. The van der Waals surface area contributed by atoms with Gasteiger partial charge < -0.3 is 14.6 Å². The van der Waals surface area contributed by atoms with Crippen LogP contribution in [0, 0.1) is 13.8 Å². The summed E-state index contributed by atoms with van der Waals surface area (Å²) in [6.45, 7) is 5.74. The smallest absolute Gasteiger partial charge is 0.251 e. The van der Waals surface area contributed by atoms with Gasteiger partial charge in [-0.1, -0.05) is 53.6 Å². The fraction of sp³-hybridized carbons (Fsp3) is 0.259. The van der Waals surface area contributed by atoms with Crippen LogP contribution >= 0.6 is 11.6 Å². The van der Waals surface area contributed by atoms with Crippen LogP contribution in [0.5, 0.6) is 5.75 Å². The molecule has 1 N–H and O–H groups in total. The second-order valence-electron chi connectivity index (χ2n) is 8.16. The van der Waals surface area contributed by atoms with Crippen molar-refractivity contribution in [2.24, 2.45) is 0 Å². The lowest BCUT2D eigenvalue weighted by molar-refractivity contribution is 0.0949. The van der Waals surface area contributed by atoms with Gasteiger partial charge in [-0.25, -0.2) is 4.98 Å². The van der Waals surface area contributed by atoms with Gasteiger partial charge in [0.1, 0.15) is 11.6 Å². The molecular weight excluding hydrogens is 434 g/mol. The van der Waals surface area contributed by atoms with Crippen LogP contribution in [0.25, 0.3) is 11.0 Å². The molecule has 0 aliphatic rings. The molecule has 4 aromatic rings. The molecule has 4 rings (SSSR count). The number of nitrogens with one attached hydrogen (secondary N) is 1. The van der Waals surface area contributed by atoms with Crippen LogP contribution in [0.3, 0.4) is 0 Å². The van der Waals surface area contributed by atoms with E-state index in [4.69, 9.17) is 21.3 Å². The van der Waals surface area contributed by atoms with Crippen molar-refractivity contribution in [3.8, 4) is 5.75 Å². The number of rotatable bonds is 9. The summed E-state index contributed by atoms with van der Waals surface area (Å²) < 4.78 is 8.00. The molecular formula is C27H28ClN3O2. The number of carbonyl (C=O) groups excluding carboxylic acids is 1. The van der Waals surface area contributed by atoms with Gasteiger partial charge in [-0.2, -0.15) is 0 Å². The lowest BCUT2D eigenvalue weighted by atomic mass is 10.1. The predicted molar refractivity (Wildman–Crippen MR) is 133 cm³/mol. The minimum atomic E-state index is -0.0840. The highest BCUT2D eigenvalue weighted by atomic mass is 35.5. The van der Waals surface area contributed by atoms with Crippen molar-refractivity contribution in [1.29, 1.82) is 0 Å². The van der Waals surface area contributed by atoms with E-state index in [2.05, 4.69) is 16.0 Å². The number of hydrogen-bond acceptors (Lipinski definition) is 3. The number of aryl methyl sites for hydroxylation is 3. The second kappa shape index (κ2) is 10.5. The van der Waals surface area contributed by atoms with Crippen LogP contribution in [-0.4, -0.2) is 22.1 Å². The monoisotopic (exact) mass is 461 g/mol. The Balaban J connectivity index is 1.40. The third-order valence-electron chi connectivity index (χ3n) is 5.64. The van der Waals surface area contributed by atoms with Gasteiger partial charge in [0.25, 0.3) is 5.91 Å². The van der Waals surface area contributed by atoms with Gasteiger partial charge in [0.05, 0.1) is 29.2 Å². The Morgan fingerprint density at radius 2 is 1.82 bits per heavy atom. The Kier molecular flexibility index (Phi) is 7.30. The lowest BCUT2D eigenvalue weighted by Gasteiger charge is -2.12. The Labute approximate surface area is 199 Å². The van der Waals surface area contributed by atoms with Gasteiger partial charge in [-0.15, -0.1) is 0 Å². The topological polar surface area (TPSA) is 56.2 Å². The van der Waals surface area contributed by atoms with Gasteiger partial charge in [0, 0.05) is 12.1 Å². The van der Waals surface area contributed by atoms with E-state index in [-0.39, 0.29) is 5.91 Å². The highest BCUT2D eigenvalue weighted by Crippen LogP contribution is 2.23. The van der Waals surface area contributed by atoms with Gasteiger partial charge in [-0.05, 0) is 62.6 Å². The maximum atomic E-state index is 12.8. The lowest BCUT2D eigenvalue weighted by Crippen LogP contribution is -2.25. The number of benzene rings is 3. The number of amides is 1. The molecule has 0 unspecified atom stereocenters. The predicted octanol–water partition coefficient (Wildman–Crippen LogP) is 6.10. The average Bonchev–Trinajstić information content (AvgIpc) is 3.16. The summed E-state index contributed by atoms with van der Waals surface area (Å²) in [6.07, 6.45) is 1.80. The molecule has 6 heteroatoms. The zero-order valence-electron chi connectivity index (χ0n) is 19.0. The van der Waals surface area contributed by atoms with Gasteiger partial charge >= 0.3 is 0 Å². The summed E-state index contributed by atoms with van der Waals surface area (Å²) in [4.78, 5) is 17.5. The quantitative estimate of drug-likeness (QED) is 0.306. The number of halogens is 1. The molecule has 1 heterocycles. The van der Waals surface area contributed by atoms with Crippen LogP contribution in [-0.2, 0) is 13.1 Å². The standard InChI is InChI=1S/C27H28ClN3O2/c1-19-13-14-21(20(2)17-19)27(32)29-18-26-30-23-10-4-5-11-24(23)31(26)15-7-8-16-33-25-12-6-3-9-22(25)28/h3-6,9-14,17H,7-8,15-16,18H2,1-2H3,(H,29,32). The highest BCUT2D eigenvalue weighted by Gasteiger charge is 2.13. The second-order valence-corrected chi connectivity index (χ2v) is 8.56. The van der Waals surface area contributed by atoms with Crippen molar-refractivity contribution in [2.45, 2.75) is 39.8 Å². The molecule has 0 saturated carbocycles. The Morgan fingerprint density at radius 1 is 1.03 bits per heavy atom. The number of hydrogen-bond donors (Lipinski definition) is 1. The van der Waals surface area contributed by atoms with Crippen molar-refractivity contribution in [3.63, 3.8) is 0 Å². The van der Waals surface area contributed by atoms with E-state index in [0.717, 1.165) is 47.4 Å². The van der Waals surface area contributed by atoms with Gasteiger partial charge in [-0.3, -0.25) is 4.79 Å². The Hall–Kier alpha value is -3.31. The van der Waals surface area contributed by atoms with E-state index < -0.39 is 0 Å². The number of para-hydroxylation sites is 3. The van der Waals surface area contributed by atoms with Crippen molar-refractivity contribution in [2.75, 3.05) is 6.61 Å². The normalized spacial score (nSPS) is 11.0. The number of imidazole rings is 1. The maximum Gasteiger partial charge on any atom is 0.251 e. The first-order valence-electron chi connectivity index (χ1n) is 11.2. The molecule has 170 valence electrons. The summed E-state index contributed by atoms with van der Waals surface area (Å²) in [5, 5.41) is 3.67. The van der Waals surface area contributed by atoms with E-state index in [1.807, 2.05) is 74.5 Å². The van der Waals surface area contributed by atoms with E-state index in [1.165, 1.54) is 0 Å². The van der Waals surface area contributed by atoms with Crippen LogP contribution in [0.4, 0.5) is 0 Å². The molecule has 0 radical (unpaired) electrons. The van der Waals surface area contributed by atoms with Crippen LogP contribution in [0.1, 0.15) is 40.2 Å². The fourth-order valence-electron chi connectivity index (χ4n) is 3.95. The van der Waals surface area contributed by atoms with Crippen LogP contribution in [0.15, 0.2) is 66.7 Å². The number of fused-ring (bicyclic) bond motifs is 1. The molecule has 3 aromatic carbocycles. The number of carbonyl (C=O) groups is 1. The van der Waals surface area contributed by atoms with Crippen molar-refractivity contribution in [1.82, 2.24) is 14.9 Å². The molecule has 1 amide bonds. The Bertz CT molecular complexity index is 1270. The van der Waals surface area contributed by atoms with E-state index in [9.17, 15) is 4.79 Å². The first-order valence-corrected chi connectivity index (χ1v) is 11.6. The summed E-state index contributed by atoms with van der Waals surface area (Å²) in [5.41, 5.74) is 4.81. The van der Waals surface area contributed by atoms with Crippen LogP contribution in [0.2, 0.25) is 5.02 Å². The summed E-state index contributed by atoms with van der Waals surface area (Å²) >= 11 is 6.15.